The van der Waals surface area contributed by atoms with Gasteiger partial charge < -0.3 is 14.8 Å². The van der Waals surface area contributed by atoms with Crippen molar-refractivity contribution in [3.05, 3.63) is 68.6 Å². The lowest BCUT2D eigenvalue weighted by Gasteiger charge is -2.20. The molecule has 1 heterocycles. The lowest BCUT2D eigenvalue weighted by Crippen LogP contribution is -2.17. The molecule has 0 radical (unpaired) electrons. The van der Waals surface area contributed by atoms with Gasteiger partial charge >= 0.3 is 0 Å². The summed E-state index contributed by atoms with van der Waals surface area (Å²) in [5.74, 6) is 0.837. The number of ether oxygens (including phenoxy) is 1. The van der Waals surface area contributed by atoms with Crippen molar-refractivity contribution < 1.29 is 9.84 Å². The van der Waals surface area contributed by atoms with Crippen molar-refractivity contribution in [1.82, 2.24) is 9.97 Å². The highest BCUT2D eigenvalue weighted by Gasteiger charge is 2.23. The van der Waals surface area contributed by atoms with E-state index in [1.165, 1.54) is 0 Å². The Balaban J connectivity index is 1.89. The van der Waals surface area contributed by atoms with E-state index in [1.54, 1.807) is 37.4 Å². The van der Waals surface area contributed by atoms with Gasteiger partial charge in [0.15, 0.2) is 0 Å². The molecule has 1 aliphatic rings. The number of hydrogen-bond acceptors (Lipinski definition) is 4. The molecule has 0 saturated heterocycles. The number of benzene rings is 2. The van der Waals surface area contributed by atoms with Crippen LogP contribution in [-0.4, -0.2) is 22.2 Å². The van der Waals surface area contributed by atoms with Crippen molar-refractivity contribution in [2.75, 3.05) is 7.11 Å². The zero-order valence-corrected chi connectivity index (χ0v) is 14.2. The minimum absolute atomic E-state index is 0.0928. The SMILES string of the molecule is COc1ccc2c(c1)CCC(c1nc3ccc(Cl)cc3[nH]c1=O)=C2O. The van der Waals surface area contributed by atoms with Crippen LogP contribution in [0.15, 0.2) is 41.2 Å². The number of aromatic nitrogens is 2. The first-order valence-corrected chi connectivity index (χ1v) is 8.24. The van der Waals surface area contributed by atoms with E-state index < -0.39 is 0 Å². The molecule has 1 aliphatic carbocycles. The molecule has 4 rings (SSSR count). The summed E-state index contributed by atoms with van der Waals surface area (Å²) in [4.78, 5) is 19.7. The minimum Gasteiger partial charge on any atom is -0.507 e. The van der Waals surface area contributed by atoms with Crippen LogP contribution in [0.5, 0.6) is 5.75 Å². The van der Waals surface area contributed by atoms with E-state index in [2.05, 4.69) is 9.97 Å². The maximum atomic E-state index is 12.5. The third-order valence-corrected chi connectivity index (χ3v) is 4.67. The van der Waals surface area contributed by atoms with E-state index in [1.807, 2.05) is 6.07 Å². The second kappa shape index (κ2) is 5.93. The molecule has 3 aromatic rings. The van der Waals surface area contributed by atoms with Crippen LogP contribution in [0, 0.1) is 0 Å². The molecule has 0 spiro atoms. The van der Waals surface area contributed by atoms with Crippen molar-refractivity contribution >= 4 is 34.0 Å². The molecular weight excluding hydrogens is 340 g/mol. The molecule has 0 aliphatic heterocycles. The van der Waals surface area contributed by atoms with E-state index >= 15 is 0 Å². The Morgan fingerprint density at radius 3 is 2.84 bits per heavy atom. The Hall–Kier alpha value is -2.79. The van der Waals surface area contributed by atoms with Gasteiger partial charge in [0.05, 0.1) is 18.1 Å². The number of fused-ring (bicyclic) bond motifs is 2. The highest BCUT2D eigenvalue weighted by molar-refractivity contribution is 6.31. The first-order valence-electron chi connectivity index (χ1n) is 7.86. The average Bonchev–Trinajstić information content (AvgIpc) is 2.61. The number of aromatic amines is 1. The number of halogens is 1. The Morgan fingerprint density at radius 2 is 2.04 bits per heavy atom. The lowest BCUT2D eigenvalue weighted by molar-refractivity contribution is 0.414. The molecule has 126 valence electrons. The Morgan fingerprint density at radius 1 is 1.20 bits per heavy atom. The number of aliphatic hydroxyl groups is 1. The van der Waals surface area contributed by atoms with Crippen LogP contribution in [0.2, 0.25) is 5.02 Å². The molecule has 0 amide bonds. The first kappa shape index (κ1) is 15.7. The predicted molar refractivity (Wildman–Crippen MR) is 98.1 cm³/mol. The molecule has 0 saturated carbocycles. The summed E-state index contributed by atoms with van der Waals surface area (Å²) in [5, 5.41) is 11.2. The number of H-pyrrole nitrogens is 1. The van der Waals surface area contributed by atoms with E-state index in [4.69, 9.17) is 16.3 Å². The van der Waals surface area contributed by atoms with Crippen molar-refractivity contribution in [1.29, 1.82) is 0 Å². The van der Waals surface area contributed by atoms with Gasteiger partial charge in [-0.05, 0) is 54.8 Å². The number of aliphatic hydroxyl groups excluding tert-OH is 1. The second-order valence-electron chi connectivity index (χ2n) is 5.93. The summed E-state index contributed by atoms with van der Waals surface area (Å²) in [6, 6.07) is 10.6. The fraction of sp³-hybridized carbons (Fsp3) is 0.158. The van der Waals surface area contributed by atoms with Crippen LogP contribution in [0.1, 0.15) is 23.2 Å². The van der Waals surface area contributed by atoms with Gasteiger partial charge in [0.25, 0.3) is 5.56 Å². The van der Waals surface area contributed by atoms with E-state index in [0.29, 0.717) is 40.0 Å². The number of nitrogens with zero attached hydrogens (tertiary/aromatic N) is 1. The van der Waals surface area contributed by atoms with Gasteiger partial charge in [-0.25, -0.2) is 4.98 Å². The number of hydrogen-bond donors (Lipinski definition) is 2. The van der Waals surface area contributed by atoms with Gasteiger partial charge in [-0.2, -0.15) is 0 Å². The highest BCUT2D eigenvalue weighted by Crippen LogP contribution is 2.35. The maximum absolute atomic E-state index is 12.5. The van der Waals surface area contributed by atoms with Gasteiger partial charge in [0, 0.05) is 16.2 Å². The summed E-state index contributed by atoms with van der Waals surface area (Å²) < 4.78 is 5.23. The summed E-state index contributed by atoms with van der Waals surface area (Å²) in [6.07, 6.45) is 1.23. The number of methoxy groups -OCH3 is 1. The number of nitrogens with one attached hydrogen (secondary N) is 1. The van der Waals surface area contributed by atoms with Crippen LogP contribution < -0.4 is 10.3 Å². The zero-order valence-electron chi connectivity index (χ0n) is 13.5. The van der Waals surface area contributed by atoms with E-state index in [0.717, 1.165) is 11.3 Å². The van der Waals surface area contributed by atoms with Gasteiger partial charge in [-0.1, -0.05) is 11.6 Å². The average molecular weight is 355 g/mol. The van der Waals surface area contributed by atoms with Gasteiger partial charge in [0.2, 0.25) is 0 Å². The van der Waals surface area contributed by atoms with Gasteiger partial charge in [-0.15, -0.1) is 0 Å². The third-order valence-electron chi connectivity index (χ3n) is 4.44. The van der Waals surface area contributed by atoms with Crippen LogP contribution in [0.3, 0.4) is 0 Å². The first-order chi connectivity index (χ1) is 12.1. The molecule has 0 unspecified atom stereocenters. The van der Waals surface area contributed by atoms with Crippen molar-refractivity contribution in [3.8, 4) is 5.75 Å². The zero-order chi connectivity index (χ0) is 17.6. The van der Waals surface area contributed by atoms with Gasteiger partial charge in [0.1, 0.15) is 17.2 Å². The van der Waals surface area contributed by atoms with Crippen molar-refractivity contribution in [3.63, 3.8) is 0 Å². The lowest BCUT2D eigenvalue weighted by atomic mass is 9.89. The molecule has 6 heteroatoms. The standard InChI is InChI=1S/C19H15ClN2O3/c1-25-12-4-6-13-10(8-12)2-5-14(18(13)23)17-19(24)22-16-9-11(20)3-7-15(16)21-17/h3-4,6-9,23H,2,5H2,1H3,(H,22,24). The predicted octanol–water partition coefficient (Wildman–Crippen LogP) is 3.96. The molecule has 2 N–H and O–H groups in total. The summed E-state index contributed by atoms with van der Waals surface area (Å²) in [6.45, 7) is 0. The van der Waals surface area contributed by atoms with Crippen LogP contribution in [-0.2, 0) is 6.42 Å². The van der Waals surface area contributed by atoms with Crippen LogP contribution >= 0.6 is 11.6 Å². The third kappa shape index (κ3) is 2.66. The largest absolute Gasteiger partial charge is 0.507 e. The highest BCUT2D eigenvalue weighted by atomic mass is 35.5. The number of rotatable bonds is 2. The van der Waals surface area contributed by atoms with E-state index in [-0.39, 0.29) is 17.0 Å². The molecule has 0 atom stereocenters. The maximum Gasteiger partial charge on any atom is 0.274 e. The monoisotopic (exact) mass is 354 g/mol. The van der Waals surface area contributed by atoms with Crippen molar-refractivity contribution in [2.24, 2.45) is 0 Å². The van der Waals surface area contributed by atoms with Crippen LogP contribution in [0.4, 0.5) is 0 Å². The van der Waals surface area contributed by atoms with Crippen LogP contribution in [0.25, 0.3) is 22.4 Å². The second-order valence-corrected chi connectivity index (χ2v) is 6.36. The molecule has 25 heavy (non-hydrogen) atoms. The number of aryl methyl sites for hydroxylation is 1. The quantitative estimate of drug-likeness (QED) is 0.730. The van der Waals surface area contributed by atoms with Gasteiger partial charge in [-0.3, -0.25) is 4.79 Å². The molecule has 0 fully saturated rings. The molecule has 2 aromatic carbocycles. The smallest absolute Gasteiger partial charge is 0.274 e. The molecule has 0 bridgehead atoms. The fourth-order valence-corrected chi connectivity index (χ4v) is 3.34. The van der Waals surface area contributed by atoms with E-state index in [9.17, 15) is 9.90 Å². The summed E-state index contributed by atoms with van der Waals surface area (Å²) >= 11 is 5.95. The molecule has 5 nitrogen and oxygen atoms in total. The molecular formula is C19H15ClN2O3. The fourth-order valence-electron chi connectivity index (χ4n) is 3.17. The van der Waals surface area contributed by atoms with Crippen molar-refractivity contribution in [2.45, 2.75) is 12.8 Å². The Labute approximate surface area is 148 Å². The summed E-state index contributed by atoms with van der Waals surface area (Å²) in [5.41, 5.74) is 3.35. The minimum atomic E-state index is -0.340. The molecule has 1 aromatic heterocycles. The number of allylic oxidation sites excluding steroid dienone is 1. The normalized spacial score (nSPS) is 13.8. The topological polar surface area (TPSA) is 75.2 Å². The Kier molecular flexibility index (Phi) is 3.73. The Bertz CT molecular complexity index is 1090. The summed E-state index contributed by atoms with van der Waals surface area (Å²) in [7, 11) is 1.61.